The lowest BCUT2D eigenvalue weighted by molar-refractivity contribution is -0.674. The molecule has 7 heavy (non-hydrogen) atoms. The Morgan fingerprint density at radius 3 is 2.57 bits per heavy atom. The molecular weight excluding hydrogens is 90.1 g/mol. The fraction of sp³-hybridized carbons (Fsp3) is 0.400. The summed E-state index contributed by atoms with van der Waals surface area (Å²) in [5.74, 6) is 0.947. The van der Waals surface area contributed by atoms with Crippen LogP contribution >= 0.6 is 0 Å². The second kappa shape index (κ2) is 1.37. The Bertz CT molecular complexity index is 140. The van der Waals surface area contributed by atoms with Crippen LogP contribution in [0.25, 0.3) is 0 Å². The van der Waals surface area contributed by atoms with Crippen LogP contribution in [0.5, 0.6) is 0 Å². The van der Waals surface area contributed by atoms with Gasteiger partial charge in [0.25, 0.3) is 0 Å². The molecule has 0 N–H and O–H groups in total. The van der Waals surface area contributed by atoms with E-state index in [1.807, 2.05) is 24.7 Å². The van der Waals surface area contributed by atoms with Crippen molar-refractivity contribution in [2.45, 2.75) is 6.92 Å². The first-order valence-corrected chi connectivity index (χ1v) is 2.19. The number of aromatic nitrogens is 1. The summed E-state index contributed by atoms with van der Waals surface area (Å²) in [6.45, 7) is 1.92. The molecule has 0 aliphatic heterocycles. The third-order valence-electron chi connectivity index (χ3n) is 0.790. The highest BCUT2D eigenvalue weighted by Gasteiger charge is 1.93. The zero-order valence-corrected chi connectivity index (χ0v) is 4.51. The van der Waals surface area contributed by atoms with Crippen LogP contribution in [0.3, 0.4) is 0 Å². The van der Waals surface area contributed by atoms with Crippen LogP contribution in [0.15, 0.2) is 17.0 Å². The average Bonchev–Trinajstić information content (AvgIpc) is 1.87. The first kappa shape index (κ1) is 4.37. The van der Waals surface area contributed by atoms with Crippen LogP contribution in [0.2, 0.25) is 0 Å². The van der Waals surface area contributed by atoms with Crippen molar-refractivity contribution in [1.82, 2.24) is 0 Å². The van der Waals surface area contributed by atoms with Crippen molar-refractivity contribution in [3.05, 3.63) is 18.4 Å². The van der Waals surface area contributed by atoms with Gasteiger partial charge in [-0.1, -0.05) is 0 Å². The molecule has 0 saturated carbocycles. The maximum absolute atomic E-state index is 4.93. The lowest BCUT2D eigenvalue weighted by Gasteiger charge is -1.62. The molecule has 0 saturated heterocycles. The predicted molar refractivity (Wildman–Crippen MR) is 24.6 cm³/mol. The molecular formula is C5H8NO+. The molecule has 0 bridgehead atoms. The van der Waals surface area contributed by atoms with Gasteiger partial charge in [-0.15, -0.1) is 0 Å². The molecule has 2 heteroatoms. The molecule has 0 aromatic carbocycles. The number of oxazole rings is 1. The smallest absolute Gasteiger partial charge is 0.334 e. The highest BCUT2D eigenvalue weighted by molar-refractivity contribution is 4.75. The summed E-state index contributed by atoms with van der Waals surface area (Å²) in [5.41, 5.74) is 0. The minimum absolute atomic E-state index is 0.947. The normalized spacial score (nSPS) is 9.43. The number of hydrogen-bond donors (Lipinski definition) is 0. The van der Waals surface area contributed by atoms with E-state index in [-0.39, 0.29) is 0 Å². The van der Waals surface area contributed by atoms with Gasteiger partial charge in [-0.2, -0.15) is 4.57 Å². The van der Waals surface area contributed by atoms with Crippen LogP contribution in [-0.2, 0) is 7.05 Å². The van der Waals surface area contributed by atoms with Crippen molar-refractivity contribution in [1.29, 1.82) is 0 Å². The largest absolute Gasteiger partial charge is 0.409 e. The Hall–Kier alpha value is -0.790. The molecule has 0 spiro atoms. The topological polar surface area (TPSA) is 17.0 Å². The maximum atomic E-state index is 4.93. The minimum Gasteiger partial charge on any atom is -0.409 e. The van der Waals surface area contributed by atoms with E-state index < -0.39 is 0 Å². The highest BCUT2D eigenvalue weighted by atomic mass is 16.3. The Labute approximate surface area is 42.4 Å². The SMILES string of the molecule is Cc1c[n+](C)co1. The van der Waals surface area contributed by atoms with Crippen LogP contribution < -0.4 is 4.57 Å². The third-order valence-corrected chi connectivity index (χ3v) is 0.790. The molecule has 0 fully saturated rings. The monoisotopic (exact) mass is 98.1 g/mol. The van der Waals surface area contributed by atoms with E-state index >= 15 is 0 Å². The zero-order chi connectivity index (χ0) is 5.28. The van der Waals surface area contributed by atoms with Crippen LogP contribution in [0.1, 0.15) is 5.76 Å². The van der Waals surface area contributed by atoms with E-state index in [0.29, 0.717) is 0 Å². The summed E-state index contributed by atoms with van der Waals surface area (Å²) in [6, 6.07) is 0. The molecule has 2 nitrogen and oxygen atoms in total. The van der Waals surface area contributed by atoms with Gasteiger partial charge in [-0.25, -0.2) is 0 Å². The molecule has 1 aromatic heterocycles. The van der Waals surface area contributed by atoms with Crippen molar-refractivity contribution < 1.29 is 8.98 Å². The van der Waals surface area contributed by atoms with E-state index in [0.717, 1.165) is 5.76 Å². The third kappa shape index (κ3) is 0.796. The lowest BCUT2D eigenvalue weighted by atomic mass is 10.6. The quantitative estimate of drug-likeness (QED) is 0.429. The van der Waals surface area contributed by atoms with Gasteiger partial charge in [0.2, 0.25) is 6.20 Å². The van der Waals surface area contributed by atoms with Crippen LogP contribution in [0, 0.1) is 6.92 Å². The summed E-state index contributed by atoms with van der Waals surface area (Å²) in [4.78, 5) is 0. The first-order valence-electron chi connectivity index (χ1n) is 2.19. The zero-order valence-electron chi connectivity index (χ0n) is 4.51. The summed E-state index contributed by atoms with van der Waals surface area (Å²) in [6.07, 6.45) is 3.58. The number of nitrogens with zero attached hydrogens (tertiary/aromatic N) is 1. The van der Waals surface area contributed by atoms with Gasteiger partial charge < -0.3 is 4.42 Å². The van der Waals surface area contributed by atoms with Gasteiger partial charge in [0.05, 0.1) is 0 Å². The summed E-state index contributed by atoms with van der Waals surface area (Å²) >= 11 is 0. The van der Waals surface area contributed by atoms with Crippen molar-refractivity contribution in [2.75, 3.05) is 0 Å². The van der Waals surface area contributed by atoms with Gasteiger partial charge in [0.1, 0.15) is 7.05 Å². The van der Waals surface area contributed by atoms with E-state index in [2.05, 4.69) is 0 Å². The molecule has 0 unspecified atom stereocenters. The molecule has 1 rings (SSSR count). The Balaban J connectivity index is 3.04. The fourth-order valence-corrected chi connectivity index (χ4v) is 0.514. The maximum Gasteiger partial charge on any atom is 0.334 e. The Kier molecular flexibility index (Phi) is 0.855. The molecule has 0 amide bonds. The average molecular weight is 98.1 g/mol. The van der Waals surface area contributed by atoms with Crippen LogP contribution in [0.4, 0.5) is 0 Å². The Morgan fingerprint density at radius 2 is 2.43 bits per heavy atom. The second-order valence-corrected chi connectivity index (χ2v) is 1.63. The van der Waals surface area contributed by atoms with Crippen molar-refractivity contribution >= 4 is 0 Å². The molecule has 0 aliphatic rings. The Morgan fingerprint density at radius 1 is 1.71 bits per heavy atom. The molecule has 0 aliphatic carbocycles. The van der Waals surface area contributed by atoms with Crippen molar-refractivity contribution in [3.8, 4) is 0 Å². The summed E-state index contributed by atoms with van der Waals surface area (Å²) in [5, 5.41) is 0. The van der Waals surface area contributed by atoms with Crippen LogP contribution in [-0.4, -0.2) is 0 Å². The van der Waals surface area contributed by atoms with Crippen molar-refractivity contribution in [3.63, 3.8) is 0 Å². The number of rotatable bonds is 0. The summed E-state index contributed by atoms with van der Waals surface area (Å²) < 4.78 is 6.80. The lowest BCUT2D eigenvalue weighted by Crippen LogP contribution is -2.22. The second-order valence-electron chi connectivity index (χ2n) is 1.63. The summed E-state index contributed by atoms with van der Waals surface area (Å²) in [7, 11) is 1.93. The van der Waals surface area contributed by atoms with E-state index in [1.165, 1.54) is 0 Å². The number of hydrogen-bond acceptors (Lipinski definition) is 1. The molecule has 0 atom stereocenters. The fourth-order valence-electron chi connectivity index (χ4n) is 0.514. The van der Waals surface area contributed by atoms with E-state index in [4.69, 9.17) is 4.42 Å². The minimum atomic E-state index is 0.947. The molecule has 0 radical (unpaired) electrons. The van der Waals surface area contributed by atoms with E-state index in [9.17, 15) is 0 Å². The predicted octanol–water partition coefficient (Wildman–Crippen LogP) is 0.413. The standard InChI is InChI=1S/C5H8NO/c1-5-3-6(2)4-7-5/h3-4H,1-2H3/q+1. The van der Waals surface area contributed by atoms with Gasteiger partial charge >= 0.3 is 6.39 Å². The first-order chi connectivity index (χ1) is 3.29. The number of aryl methyl sites for hydroxylation is 2. The molecule has 1 heterocycles. The van der Waals surface area contributed by atoms with Crippen molar-refractivity contribution in [2.24, 2.45) is 7.05 Å². The molecule has 38 valence electrons. The highest BCUT2D eigenvalue weighted by Crippen LogP contribution is 1.86. The van der Waals surface area contributed by atoms with Gasteiger partial charge in [-0.05, 0) is 0 Å². The van der Waals surface area contributed by atoms with E-state index in [1.54, 1.807) is 6.39 Å². The van der Waals surface area contributed by atoms with Gasteiger partial charge in [0, 0.05) is 6.92 Å². The molecule has 1 aromatic rings. The van der Waals surface area contributed by atoms with Gasteiger partial charge in [-0.3, -0.25) is 0 Å². The van der Waals surface area contributed by atoms with Gasteiger partial charge in [0.15, 0.2) is 5.76 Å².